The Morgan fingerprint density at radius 1 is 1.27 bits per heavy atom. The van der Waals surface area contributed by atoms with E-state index in [0.717, 1.165) is 56.2 Å². The summed E-state index contributed by atoms with van der Waals surface area (Å²) in [5, 5.41) is 3.33. The Morgan fingerprint density at radius 3 is 2.86 bits per heavy atom. The number of rotatable bonds is 4. The molecule has 2 aromatic rings. The van der Waals surface area contributed by atoms with E-state index in [0.29, 0.717) is 24.4 Å². The van der Waals surface area contributed by atoms with Gasteiger partial charge in [0.05, 0.1) is 49.5 Å². The van der Waals surface area contributed by atoms with Crippen LogP contribution in [0, 0.1) is 11.2 Å². The molecule has 3 saturated heterocycles. The van der Waals surface area contributed by atoms with Crippen LogP contribution in [0.15, 0.2) is 30.5 Å². The standard InChI is InChI=1S/C28H35FN4O4/c1-18(2)37-22-5-7-25(36-14-22)27(34)33-13-19-10-20(29)12-30-26(19)31-23-6-4-21(11-24(23)33)32-15-28(16-32)8-3-9-35-17-28/h4,6,10-12,18,22,25H,3,5,7-9,13-17H2,1-2H3,(H,30,31)/t22-,25+/m0/s1. The molecule has 4 aliphatic rings. The molecule has 1 N–H and O–H groups in total. The highest BCUT2D eigenvalue weighted by atomic mass is 19.1. The van der Waals surface area contributed by atoms with Crippen LogP contribution in [-0.4, -0.2) is 62.1 Å². The van der Waals surface area contributed by atoms with Crippen molar-refractivity contribution in [2.45, 2.75) is 64.4 Å². The average molecular weight is 511 g/mol. The summed E-state index contributed by atoms with van der Waals surface area (Å²) in [7, 11) is 0. The summed E-state index contributed by atoms with van der Waals surface area (Å²) in [6.07, 6.45) is 4.37. The molecule has 0 radical (unpaired) electrons. The number of fused-ring (bicyclic) bond motifs is 2. The number of anilines is 4. The zero-order valence-electron chi connectivity index (χ0n) is 21.5. The first kappa shape index (κ1) is 24.6. The summed E-state index contributed by atoms with van der Waals surface area (Å²) in [5.74, 6) is 0.00625. The summed E-state index contributed by atoms with van der Waals surface area (Å²) in [6, 6.07) is 7.57. The van der Waals surface area contributed by atoms with E-state index in [-0.39, 0.29) is 30.1 Å². The van der Waals surface area contributed by atoms with Crippen molar-refractivity contribution in [1.82, 2.24) is 4.98 Å². The first-order chi connectivity index (χ1) is 17.9. The zero-order valence-corrected chi connectivity index (χ0v) is 21.5. The van der Waals surface area contributed by atoms with E-state index < -0.39 is 11.9 Å². The molecule has 0 aliphatic carbocycles. The number of halogens is 1. The van der Waals surface area contributed by atoms with Crippen LogP contribution < -0.4 is 15.1 Å². The van der Waals surface area contributed by atoms with Gasteiger partial charge in [0.15, 0.2) is 0 Å². The van der Waals surface area contributed by atoms with Crippen LogP contribution in [0.4, 0.5) is 27.3 Å². The predicted octanol–water partition coefficient (Wildman–Crippen LogP) is 4.40. The van der Waals surface area contributed by atoms with E-state index in [1.165, 1.54) is 18.7 Å². The maximum atomic E-state index is 14.1. The second kappa shape index (κ2) is 9.85. The number of amides is 1. The fourth-order valence-corrected chi connectivity index (χ4v) is 6.03. The Labute approximate surface area is 217 Å². The third-order valence-corrected chi connectivity index (χ3v) is 7.85. The van der Waals surface area contributed by atoms with E-state index in [1.807, 2.05) is 19.9 Å². The van der Waals surface area contributed by atoms with Crippen LogP contribution in [0.1, 0.15) is 45.1 Å². The van der Waals surface area contributed by atoms with E-state index in [4.69, 9.17) is 14.2 Å². The molecule has 9 heteroatoms. The zero-order chi connectivity index (χ0) is 25.6. The quantitative estimate of drug-likeness (QED) is 0.653. The van der Waals surface area contributed by atoms with Gasteiger partial charge in [-0.15, -0.1) is 0 Å². The topological polar surface area (TPSA) is 76.2 Å². The molecule has 37 heavy (non-hydrogen) atoms. The Morgan fingerprint density at radius 2 is 2.14 bits per heavy atom. The predicted molar refractivity (Wildman–Crippen MR) is 139 cm³/mol. The molecule has 1 aromatic carbocycles. The third kappa shape index (κ3) is 4.92. The third-order valence-electron chi connectivity index (χ3n) is 7.85. The van der Waals surface area contributed by atoms with Gasteiger partial charge in [-0.1, -0.05) is 0 Å². The monoisotopic (exact) mass is 510 g/mol. The molecule has 0 unspecified atom stereocenters. The number of nitrogens with zero attached hydrogens (tertiary/aromatic N) is 3. The van der Waals surface area contributed by atoms with Crippen LogP contribution in [0.25, 0.3) is 0 Å². The van der Waals surface area contributed by atoms with Crippen LogP contribution in [-0.2, 0) is 25.5 Å². The lowest BCUT2D eigenvalue weighted by Crippen LogP contribution is -2.60. The van der Waals surface area contributed by atoms with Gasteiger partial charge < -0.3 is 29.3 Å². The number of nitrogens with one attached hydrogen (secondary N) is 1. The van der Waals surface area contributed by atoms with Gasteiger partial charge >= 0.3 is 0 Å². The summed E-state index contributed by atoms with van der Waals surface area (Å²) in [4.78, 5) is 22.2. The molecule has 4 aliphatic heterocycles. The SMILES string of the molecule is CC(C)O[C@H]1CC[C@H](C(=O)N2Cc3cc(F)cnc3Nc3ccc(N4CC5(CCCOC5)C4)cc32)OC1. The Balaban J connectivity index is 1.27. The van der Waals surface area contributed by atoms with Crippen molar-refractivity contribution >= 4 is 28.8 Å². The fourth-order valence-electron chi connectivity index (χ4n) is 6.03. The number of benzene rings is 1. The van der Waals surface area contributed by atoms with Crippen molar-refractivity contribution in [3.63, 3.8) is 0 Å². The molecule has 0 bridgehead atoms. The van der Waals surface area contributed by atoms with Crippen LogP contribution in [0.5, 0.6) is 0 Å². The van der Waals surface area contributed by atoms with Crippen LogP contribution in [0.3, 0.4) is 0 Å². The van der Waals surface area contributed by atoms with E-state index in [2.05, 4.69) is 27.3 Å². The minimum absolute atomic E-state index is 0.00438. The fraction of sp³-hybridized carbons (Fsp3) is 0.571. The first-order valence-electron chi connectivity index (χ1n) is 13.4. The van der Waals surface area contributed by atoms with Crippen molar-refractivity contribution in [2.75, 3.05) is 48.0 Å². The minimum Gasteiger partial charge on any atom is -0.381 e. The van der Waals surface area contributed by atoms with Crippen LogP contribution >= 0.6 is 0 Å². The average Bonchev–Trinajstić information content (AvgIpc) is 3.03. The molecular formula is C28H35FN4O4. The molecule has 8 nitrogen and oxygen atoms in total. The van der Waals surface area contributed by atoms with E-state index in [1.54, 1.807) is 4.90 Å². The first-order valence-corrected chi connectivity index (χ1v) is 13.4. The van der Waals surface area contributed by atoms with Crippen molar-refractivity contribution in [1.29, 1.82) is 0 Å². The smallest absolute Gasteiger partial charge is 0.256 e. The van der Waals surface area contributed by atoms with Crippen molar-refractivity contribution in [3.05, 3.63) is 41.8 Å². The van der Waals surface area contributed by atoms with Gasteiger partial charge in [-0.25, -0.2) is 9.37 Å². The number of hydrogen-bond donors (Lipinski definition) is 1. The van der Waals surface area contributed by atoms with E-state index in [9.17, 15) is 9.18 Å². The van der Waals surface area contributed by atoms with Gasteiger partial charge in [-0.05, 0) is 63.8 Å². The second-order valence-corrected chi connectivity index (χ2v) is 11.1. The number of aromatic nitrogens is 1. The molecule has 198 valence electrons. The van der Waals surface area contributed by atoms with Gasteiger partial charge in [0.2, 0.25) is 0 Å². The Bertz CT molecular complexity index is 1150. The molecule has 6 rings (SSSR count). The molecule has 1 spiro atoms. The lowest BCUT2D eigenvalue weighted by Gasteiger charge is -2.53. The molecule has 5 heterocycles. The van der Waals surface area contributed by atoms with Gasteiger partial charge in [0, 0.05) is 36.4 Å². The van der Waals surface area contributed by atoms with Gasteiger partial charge in [-0.3, -0.25) is 4.79 Å². The lowest BCUT2D eigenvalue weighted by molar-refractivity contribution is -0.143. The largest absolute Gasteiger partial charge is 0.381 e. The Hall–Kier alpha value is -2.75. The maximum absolute atomic E-state index is 14.1. The van der Waals surface area contributed by atoms with Gasteiger partial charge in [0.1, 0.15) is 17.7 Å². The molecule has 3 fully saturated rings. The van der Waals surface area contributed by atoms with Crippen molar-refractivity contribution in [3.8, 4) is 0 Å². The highest BCUT2D eigenvalue weighted by Gasteiger charge is 2.44. The molecule has 0 saturated carbocycles. The molecule has 1 aromatic heterocycles. The molecule has 1 amide bonds. The van der Waals surface area contributed by atoms with Gasteiger partial charge in [-0.2, -0.15) is 0 Å². The summed E-state index contributed by atoms with van der Waals surface area (Å²) < 4.78 is 31.8. The highest BCUT2D eigenvalue weighted by Crippen LogP contribution is 2.44. The summed E-state index contributed by atoms with van der Waals surface area (Å²) in [5.41, 5.74) is 3.45. The second-order valence-electron chi connectivity index (χ2n) is 11.1. The molecular weight excluding hydrogens is 475 g/mol. The Kier molecular flexibility index (Phi) is 6.54. The van der Waals surface area contributed by atoms with Crippen LogP contribution in [0.2, 0.25) is 0 Å². The van der Waals surface area contributed by atoms with E-state index >= 15 is 0 Å². The molecule has 2 atom stereocenters. The summed E-state index contributed by atoms with van der Waals surface area (Å²) >= 11 is 0. The number of pyridine rings is 1. The van der Waals surface area contributed by atoms with Gasteiger partial charge in [0.25, 0.3) is 5.91 Å². The highest BCUT2D eigenvalue weighted by molar-refractivity contribution is 6.01. The van der Waals surface area contributed by atoms with Crippen molar-refractivity contribution < 1.29 is 23.4 Å². The lowest BCUT2D eigenvalue weighted by atomic mass is 9.75. The number of ether oxygens (including phenoxy) is 3. The van der Waals surface area contributed by atoms with Crippen molar-refractivity contribution in [2.24, 2.45) is 5.41 Å². The number of carbonyl (C=O) groups is 1. The normalized spacial score (nSPS) is 24.6. The minimum atomic E-state index is -0.571. The summed E-state index contributed by atoms with van der Waals surface area (Å²) in [6.45, 7) is 8.17. The maximum Gasteiger partial charge on any atom is 0.256 e. The number of hydrogen-bond acceptors (Lipinski definition) is 7. The number of carbonyl (C=O) groups excluding carboxylic acids is 1.